The molecule has 3 rings (SSSR count). The number of fused-ring (bicyclic) bond motifs is 1. The number of alkyl halides is 1. The van der Waals surface area contributed by atoms with Crippen molar-refractivity contribution in [2.75, 3.05) is 5.88 Å². The quantitative estimate of drug-likeness (QED) is 0.843. The van der Waals surface area contributed by atoms with Crippen molar-refractivity contribution in [2.45, 2.75) is 29.7 Å². The van der Waals surface area contributed by atoms with Crippen LogP contribution in [0, 0.1) is 0 Å². The average Bonchev–Trinajstić information content (AvgIpc) is 2.57. The first-order valence-electron chi connectivity index (χ1n) is 5.84. The molecule has 0 saturated heterocycles. The van der Waals surface area contributed by atoms with Crippen LogP contribution in [-0.2, 0) is 10.0 Å². The first-order valence-corrected chi connectivity index (χ1v) is 7.86. The van der Waals surface area contributed by atoms with Gasteiger partial charge in [0.05, 0.1) is 10.4 Å². The molecule has 6 heteroatoms. The van der Waals surface area contributed by atoms with Gasteiger partial charge in [0.25, 0.3) is 10.0 Å². The predicted molar refractivity (Wildman–Crippen MR) is 70.6 cm³/mol. The Kier molecular flexibility index (Phi) is 2.64. The molecule has 0 aromatic heterocycles. The summed E-state index contributed by atoms with van der Waals surface area (Å²) in [5, 5.41) is 0. The Labute approximate surface area is 111 Å². The van der Waals surface area contributed by atoms with Crippen LogP contribution in [0.15, 0.2) is 34.2 Å². The Balaban J connectivity index is 2.09. The molecule has 4 nitrogen and oxygen atoms in total. The second-order valence-corrected chi connectivity index (χ2v) is 6.69. The largest absolute Gasteiger partial charge is 0.263 e. The van der Waals surface area contributed by atoms with Crippen LogP contribution < -0.4 is 4.72 Å². The third-order valence-electron chi connectivity index (χ3n) is 3.54. The molecule has 18 heavy (non-hydrogen) atoms. The summed E-state index contributed by atoms with van der Waals surface area (Å²) in [6.45, 7) is 0. The van der Waals surface area contributed by atoms with E-state index in [1.54, 1.807) is 18.2 Å². The average molecular weight is 285 g/mol. The van der Waals surface area contributed by atoms with E-state index in [1.165, 1.54) is 0 Å². The van der Waals surface area contributed by atoms with Gasteiger partial charge < -0.3 is 0 Å². The lowest BCUT2D eigenvalue weighted by Gasteiger charge is -2.36. The van der Waals surface area contributed by atoms with Crippen LogP contribution in [0.3, 0.4) is 0 Å². The van der Waals surface area contributed by atoms with Gasteiger partial charge in [0.15, 0.2) is 0 Å². The molecule has 1 aromatic rings. The zero-order valence-electron chi connectivity index (χ0n) is 9.69. The second kappa shape index (κ2) is 3.96. The van der Waals surface area contributed by atoms with Crippen molar-refractivity contribution in [1.29, 1.82) is 0 Å². The van der Waals surface area contributed by atoms with Crippen LogP contribution in [0.1, 0.15) is 24.8 Å². The van der Waals surface area contributed by atoms with Gasteiger partial charge in [-0.25, -0.2) is 8.42 Å². The molecular weight excluding hydrogens is 272 g/mol. The molecule has 0 bridgehead atoms. The van der Waals surface area contributed by atoms with E-state index in [4.69, 9.17) is 11.6 Å². The summed E-state index contributed by atoms with van der Waals surface area (Å²) in [4.78, 5) is 4.86. The molecule has 1 aromatic carbocycles. The fraction of sp³-hybridized carbons (Fsp3) is 0.417. The van der Waals surface area contributed by atoms with Gasteiger partial charge in [-0.15, -0.1) is 11.6 Å². The minimum Gasteiger partial charge on any atom is -0.263 e. The molecule has 1 saturated carbocycles. The van der Waals surface area contributed by atoms with Crippen molar-refractivity contribution in [1.82, 2.24) is 4.72 Å². The van der Waals surface area contributed by atoms with E-state index in [0.29, 0.717) is 22.2 Å². The van der Waals surface area contributed by atoms with Crippen molar-refractivity contribution >= 4 is 27.5 Å². The monoisotopic (exact) mass is 284 g/mol. The fourth-order valence-electron chi connectivity index (χ4n) is 2.31. The third-order valence-corrected chi connectivity index (χ3v) is 5.44. The van der Waals surface area contributed by atoms with Gasteiger partial charge in [0.1, 0.15) is 5.84 Å². The number of amidine groups is 1. The van der Waals surface area contributed by atoms with Gasteiger partial charge in [0, 0.05) is 11.4 Å². The minimum absolute atomic E-state index is 0.281. The maximum atomic E-state index is 11.9. The van der Waals surface area contributed by atoms with Gasteiger partial charge in [-0.1, -0.05) is 12.1 Å². The Morgan fingerprint density at radius 1 is 1.33 bits per heavy atom. The molecule has 0 radical (unpaired) electrons. The lowest BCUT2D eigenvalue weighted by Crippen LogP contribution is -2.39. The SMILES string of the molecule is O=S1(=O)NC(=NC2(CCl)CCC2)c2ccccc21. The van der Waals surface area contributed by atoms with Gasteiger partial charge in [-0.05, 0) is 31.4 Å². The molecule has 96 valence electrons. The van der Waals surface area contributed by atoms with Crippen molar-refractivity contribution in [2.24, 2.45) is 4.99 Å². The summed E-state index contributed by atoms with van der Waals surface area (Å²) in [6.07, 6.45) is 2.94. The molecule has 1 aliphatic carbocycles. The van der Waals surface area contributed by atoms with Gasteiger partial charge in [-0.3, -0.25) is 9.71 Å². The van der Waals surface area contributed by atoms with E-state index in [9.17, 15) is 8.42 Å². The molecule has 0 amide bonds. The molecular formula is C12H13ClN2O2S. The molecule has 1 aliphatic heterocycles. The number of hydrogen-bond acceptors (Lipinski definition) is 3. The lowest BCUT2D eigenvalue weighted by molar-refractivity contribution is 0.284. The number of nitrogens with one attached hydrogen (secondary N) is 1. The van der Waals surface area contributed by atoms with Crippen LogP contribution in [0.5, 0.6) is 0 Å². The normalized spacial score (nSPS) is 25.3. The minimum atomic E-state index is -3.44. The maximum absolute atomic E-state index is 11.9. The summed E-state index contributed by atoms with van der Waals surface area (Å²) in [5.74, 6) is 0.867. The Bertz CT molecular complexity index is 615. The topological polar surface area (TPSA) is 58.5 Å². The van der Waals surface area contributed by atoms with Crippen LogP contribution in [0.25, 0.3) is 0 Å². The molecule has 2 aliphatic rings. The summed E-state index contributed by atoms with van der Waals surface area (Å²) in [7, 11) is -3.44. The number of rotatable bonds is 2. The zero-order valence-corrected chi connectivity index (χ0v) is 11.3. The molecule has 1 fully saturated rings. The molecule has 0 spiro atoms. The maximum Gasteiger partial charge on any atom is 0.263 e. The van der Waals surface area contributed by atoms with Crippen LogP contribution in [-0.4, -0.2) is 25.7 Å². The first kappa shape index (κ1) is 12.0. The van der Waals surface area contributed by atoms with Crippen LogP contribution in [0.4, 0.5) is 0 Å². The fourth-order valence-corrected chi connectivity index (χ4v) is 3.87. The van der Waals surface area contributed by atoms with Crippen molar-refractivity contribution in [3.63, 3.8) is 0 Å². The van der Waals surface area contributed by atoms with E-state index in [0.717, 1.165) is 19.3 Å². The Hall–Kier alpha value is -1.07. The number of sulfonamides is 1. The summed E-state index contributed by atoms with van der Waals surface area (Å²) in [5.41, 5.74) is 0.366. The highest BCUT2D eigenvalue weighted by Crippen LogP contribution is 2.38. The highest BCUT2D eigenvalue weighted by molar-refractivity contribution is 7.90. The standard InChI is InChI=1S/C12H13ClN2O2S/c13-8-12(6-3-7-12)14-11-9-4-1-2-5-10(9)18(16,17)15-11/h1-2,4-5H,3,6-8H2,(H,14,15). The first-order chi connectivity index (χ1) is 8.56. The molecule has 1 N–H and O–H groups in total. The predicted octanol–water partition coefficient (Wildman–Crippen LogP) is 1.89. The van der Waals surface area contributed by atoms with Gasteiger partial charge >= 0.3 is 0 Å². The number of hydrogen-bond donors (Lipinski definition) is 1. The third kappa shape index (κ3) is 1.73. The van der Waals surface area contributed by atoms with Crippen LogP contribution in [0.2, 0.25) is 0 Å². The van der Waals surface area contributed by atoms with Gasteiger partial charge in [-0.2, -0.15) is 0 Å². The Morgan fingerprint density at radius 2 is 2.06 bits per heavy atom. The molecule has 0 atom stereocenters. The number of halogens is 1. The molecule has 1 heterocycles. The van der Waals surface area contributed by atoms with E-state index >= 15 is 0 Å². The van der Waals surface area contributed by atoms with Crippen molar-refractivity contribution < 1.29 is 8.42 Å². The van der Waals surface area contributed by atoms with E-state index in [2.05, 4.69) is 9.71 Å². The Morgan fingerprint density at radius 3 is 2.67 bits per heavy atom. The highest BCUT2D eigenvalue weighted by atomic mass is 35.5. The summed E-state index contributed by atoms with van der Waals surface area (Å²) >= 11 is 5.95. The lowest BCUT2D eigenvalue weighted by atomic mass is 9.79. The number of aliphatic imine (C=N–C) groups is 1. The van der Waals surface area contributed by atoms with E-state index < -0.39 is 10.0 Å². The van der Waals surface area contributed by atoms with Gasteiger partial charge in [0.2, 0.25) is 0 Å². The highest BCUT2D eigenvalue weighted by Gasteiger charge is 2.39. The second-order valence-electron chi connectivity index (χ2n) is 4.77. The summed E-state index contributed by atoms with van der Waals surface area (Å²) < 4.78 is 26.4. The summed E-state index contributed by atoms with van der Waals surface area (Å²) in [6, 6.07) is 6.88. The van der Waals surface area contributed by atoms with E-state index in [1.807, 2.05) is 6.07 Å². The van der Waals surface area contributed by atoms with Crippen LogP contribution >= 0.6 is 11.6 Å². The number of benzene rings is 1. The van der Waals surface area contributed by atoms with Crippen molar-refractivity contribution in [3.8, 4) is 0 Å². The smallest absolute Gasteiger partial charge is 0.263 e. The van der Waals surface area contributed by atoms with E-state index in [-0.39, 0.29) is 5.54 Å². The zero-order chi connectivity index (χ0) is 12.8. The van der Waals surface area contributed by atoms with Crippen molar-refractivity contribution in [3.05, 3.63) is 29.8 Å². The number of nitrogens with zero attached hydrogens (tertiary/aromatic N) is 1. The molecule has 0 unspecified atom stereocenters.